The van der Waals surface area contributed by atoms with Crippen molar-refractivity contribution in [3.05, 3.63) is 16.6 Å². The molecule has 2 rings (SSSR count). The number of aromatic nitrogens is 1. The summed E-state index contributed by atoms with van der Waals surface area (Å²) in [5.41, 5.74) is 2.50. The molecule has 0 amide bonds. The van der Waals surface area contributed by atoms with Crippen LogP contribution in [-0.4, -0.2) is 11.5 Å². The molecular weight excluding hydrogens is 204 g/mol. The van der Waals surface area contributed by atoms with Gasteiger partial charge in [0.25, 0.3) is 0 Å². The highest BCUT2D eigenvalue weighted by atomic mass is 32.1. The predicted octanol–water partition coefficient (Wildman–Crippen LogP) is 3.23. The monoisotopic (exact) mass is 224 g/mol. The van der Waals surface area contributed by atoms with Crippen molar-refractivity contribution in [1.29, 1.82) is 0 Å². The van der Waals surface area contributed by atoms with Crippen LogP contribution in [0.5, 0.6) is 0 Å². The fourth-order valence-electron chi connectivity index (χ4n) is 2.02. The molecule has 1 atom stereocenters. The van der Waals surface area contributed by atoms with E-state index in [9.17, 15) is 0 Å². The topological polar surface area (TPSA) is 24.9 Å². The molecule has 0 bridgehead atoms. The highest BCUT2D eigenvalue weighted by Gasteiger charge is 2.44. The first-order chi connectivity index (χ1) is 7.14. The lowest BCUT2D eigenvalue weighted by molar-refractivity contribution is 0.326. The van der Waals surface area contributed by atoms with Crippen LogP contribution in [0.4, 0.5) is 0 Å². The van der Waals surface area contributed by atoms with Gasteiger partial charge in [0.15, 0.2) is 0 Å². The fraction of sp³-hybridized carbons (Fsp3) is 0.750. The predicted molar refractivity (Wildman–Crippen MR) is 65.0 cm³/mol. The van der Waals surface area contributed by atoms with Crippen LogP contribution in [0, 0.1) is 11.3 Å². The van der Waals surface area contributed by atoms with Crippen LogP contribution in [-0.2, 0) is 0 Å². The molecule has 15 heavy (non-hydrogen) atoms. The average molecular weight is 224 g/mol. The van der Waals surface area contributed by atoms with Gasteiger partial charge in [-0.15, -0.1) is 11.3 Å². The van der Waals surface area contributed by atoms with Gasteiger partial charge in [-0.25, -0.2) is 0 Å². The fourth-order valence-corrected chi connectivity index (χ4v) is 2.67. The molecule has 0 radical (unpaired) electrons. The van der Waals surface area contributed by atoms with Crippen molar-refractivity contribution < 1.29 is 0 Å². The first-order valence-corrected chi connectivity index (χ1v) is 6.64. The summed E-state index contributed by atoms with van der Waals surface area (Å²) < 4.78 is 0. The van der Waals surface area contributed by atoms with Crippen molar-refractivity contribution in [3.63, 3.8) is 0 Å². The normalized spacial score (nSPS) is 20.5. The third-order valence-corrected chi connectivity index (χ3v) is 4.71. The highest BCUT2D eigenvalue weighted by Crippen LogP contribution is 2.51. The lowest BCUT2D eigenvalue weighted by Gasteiger charge is -2.22. The van der Waals surface area contributed by atoms with E-state index in [2.05, 4.69) is 31.1 Å². The number of hydrogen-bond acceptors (Lipinski definition) is 3. The summed E-state index contributed by atoms with van der Waals surface area (Å²) in [6, 6.07) is 0.453. The van der Waals surface area contributed by atoms with Crippen LogP contribution in [0.2, 0.25) is 0 Å². The molecule has 3 heteroatoms. The zero-order valence-corrected chi connectivity index (χ0v) is 10.6. The Morgan fingerprint density at radius 2 is 2.20 bits per heavy atom. The Morgan fingerprint density at radius 3 is 2.67 bits per heavy atom. The summed E-state index contributed by atoms with van der Waals surface area (Å²) in [7, 11) is 0. The van der Waals surface area contributed by atoms with E-state index in [4.69, 9.17) is 0 Å². The second-order valence-corrected chi connectivity index (χ2v) is 5.94. The lowest BCUT2D eigenvalue weighted by Crippen LogP contribution is -2.29. The van der Waals surface area contributed by atoms with Crippen LogP contribution in [0.15, 0.2) is 11.7 Å². The van der Waals surface area contributed by atoms with Crippen LogP contribution >= 0.6 is 11.3 Å². The van der Waals surface area contributed by atoms with Crippen LogP contribution in [0.3, 0.4) is 0 Å². The third-order valence-electron chi connectivity index (χ3n) is 3.76. The van der Waals surface area contributed by atoms with Crippen molar-refractivity contribution in [2.24, 2.45) is 11.3 Å². The Morgan fingerprint density at radius 1 is 1.47 bits per heavy atom. The summed E-state index contributed by atoms with van der Waals surface area (Å²) in [4.78, 5) is 5.46. The molecule has 0 saturated heterocycles. The molecule has 2 nitrogen and oxygen atoms in total. The summed E-state index contributed by atoms with van der Waals surface area (Å²) in [6.45, 7) is 8.06. The quantitative estimate of drug-likeness (QED) is 0.830. The number of thiazole rings is 1. The second kappa shape index (κ2) is 4.22. The molecule has 1 fully saturated rings. The first kappa shape index (κ1) is 11.1. The molecule has 84 valence electrons. The summed E-state index contributed by atoms with van der Waals surface area (Å²) in [5.74, 6) is 0.804. The Hall–Kier alpha value is -0.410. The Labute approximate surface area is 96.1 Å². The molecule has 1 N–H and O–H groups in total. The number of rotatable bonds is 5. The molecule has 0 aliphatic heterocycles. The molecule has 0 aromatic carbocycles. The van der Waals surface area contributed by atoms with Crippen LogP contribution < -0.4 is 5.32 Å². The summed E-state index contributed by atoms with van der Waals surface area (Å²) in [5, 5.41) is 3.64. The minimum atomic E-state index is 0.453. The van der Waals surface area contributed by atoms with Gasteiger partial charge in [0.1, 0.15) is 0 Å². The maximum absolute atomic E-state index is 4.12. The van der Waals surface area contributed by atoms with E-state index in [1.807, 2.05) is 11.7 Å². The van der Waals surface area contributed by atoms with Gasteiger partial charge in [0.2, 0.25) is 0 Å². The third kappa shape index (κ3) is 2.40. The van der Waals surface area contributed by atoms with E-state index >= 15 is 0 Å². The zero-order valence-electron chi connectivity index (χ0n) is 9.79. The van der Waals surface area contributed by atoms with E-state index in [1.54, 1.807) is 11.3 Å². The zero-order chi connectivity index (χ0) is 10.9. The van der Waals surface area contributed by atoms with Crippen molar-refractivity contribution >= 4 is 11.3 Å². The SMILES string of the molecule is CC(NCC1(C(C)C)CC1)c1cncs1. The van der Waals surface area contributed by atoms with E-state index in [-0.39, 0.29) is 0 Å². The lowest BCUT2D eigenvalue weighted by atomic mass is 9.92. The second-order valence-electron chi connectivity index (χ2n) is 5.02. The highest BCUT2D eigenvalue weighted by molar-refractivity contribution is 7.09. The Balaban J connectivity index is 1.84. The molecular formula is C12H20N2S. The summed E-state index contributed by atoms with van der Waals surface area (Å²) >= 11 is 1.74. The molecule has 1 saturated carbocycles. The average Bonchev–Trinajstić information content (AvgIpc) is 2.80. The maximum Gasteiger partial charge on any atom is 0.0794 e. The first-order valence-electron chi connectivity index (χ1n) is 5.76. The van der Waals surface area contributed by atoms with Crippen molar-refractivity contribution in [3.8, 4) is 0 Å². The molecule has 0 spiro atoms. The van der Waals surface area contributed by atoms with Gasteiger partial charge < -0.3 is 5.32 Å². The van der Waals surface area contributed by atoms with Gasteiger partial charge >= 0.3 is 0 Å². The molecule has 1 heterocycles. The van der Waals surface area contributed by atoms with Gasteiger partial charge in [-0.3, -0.25) is 4.98 Å². The molecule has 1 unspecified atom stereocenters. The van der Waals surface area contributed by atoms with Gasteiger partial charge in [0, 0.05) is 23.7 Å². The largest absolute Gasteiger partial charge is 0.309 e. The smallest absolute Gasteiger partial charge is 0.0794 e. The minimum absolute atomic E-state index is 0.453. The number of nitrogens with one attached hydrogen (secondary N) is 1. The maximum atomic E-state index is 4.12. The van der Waals surface area contributed by atoms with E-state index in [1.165, 1.54) is 17.7 Å². The van der Waals surface area contributed by atoms with E-state index in [0.29, 0.717) is 11.5 Å². The minimum Gasteiger partial charge on any atom is -0.309 e. The molecule has 1 aromatic heterocycles. The van der Waals surface area contributed by atoms with Crippen molar-refractivity contribution in [1.82, 2.24) is 10.3 Å². The van der Waals surface area contributed by atoms with Crippen molar-refractivity contribution in [2.75, 3.05) is 6.54 Å². The van der Waals surface area contributed by atoms with Gasteiger partial charge in [-0.2, -0.15) is 0 Å². The molecule has 1 aliphatic rings. The van der Waals surface area contributed by atoms with Gasteiger partial charge in [0.05, 0.1) is 5.51 Å². The standard InChI is InChI=1S/C12H20N2S/c1-9(2)12(4-5-12)7-14-10(3)11-6-13-8-15-11/h6,8-10,14H,4-5,7H2,1-3H3. The van der Waals surface area contributed by atoms with Crippen molar-refractivity contribution in [2.45, 2.75) is 39.7 Å². The van der Waals surface area contributed by atoms with Crippen LogP contribution in [0.1, 0.15) is 44.5 Å². The Kier molecular flexibility index (Phi) is 3.12. The van der Waals surface area contributed by atoms with Gasteiger partial charge in [-0.05, 0) is 31.1 Å². The van der Waals surface area contributed by atoms with Crippen LogP contribution in [0.25, 0.3) is 0 Å². The Bertz CT molecular complexity index is 301. The molecule has 1 aliphatic carbocycles. The number of hydrogen-bond donors (Lipinski definition) is 1. The van der Waals surface area contributed by atoms with Gasteiger partial charge in [-0.1, -0.05) is 13.8 Å². The van der Waals surface area contributed by atoms with E-state index in [0.717, 1.165) is 12.5 Å². The molecule has 1 aromatic rings. The summed E-state index contributed by atoms with van der Waals surface area (Å²) in [6.07, 6.45) is 4.76. The van der Waals surface area contributed by atoms with E-state index < -0.39 is 0 Å². The number of nitrogens with zero attached hydrogens (tertiary/aromatic N) is 1.